The van der Waals surface area contributed by atoms with Crippen LogP contribution in [0.4, 0.5) is 0 Å². The molecule has 0 unspecified atom stereocenters. The van der Waals surface area contributed by atoms with Crippen molar-refractivity contribution in [1.29, 1.82) is 0 Å². The average Bonchev–Trinajstić information content (AvgIpc) is 2.82. The van der Waals surface area contributed by atoms with Crippen molar-refractivity contribution in [2.75, 3.05) is 20.2 Å². The van der Waals surface area contributed by atoms with Crippen LogP contribution < -0.4 is 10.2 Å². The monoisotopic (exact) mass is 313 g/mol. The van der Waals surface area contributed by atoms with Crippen molar-refractivity contribution in [3.05, 3.63) is 64.2 Å². The third-order valence-corrected chi connectivity index (χ3v) is 4.67. The van der Waals surface area contributed by atoms with Gasteiger partial charge in [0, 0.05) is 25.1 Å². The van der Waals surface area contributed by atoms with Crippen molar-refractivity contribution in [3.63, 3.8) is 0 Å². The zero-order chi connectivity index (χ0) is 16.4. The van der Waals surface area contributed by atoms with E-state index < -0.39 is 0 Å². The summed E-state index contributed by atoms with van der Waals surface area (Å²) in [4.78, 5) is 14.2. The normalized spacial score (nSPS) is 20.6. The van der Waals surface area contributed by atoms with Gasteiger partial charge in [0.25, 0.3) is 0 Å². The number of methoxy groups -OCH3 is 1. The smallest absolute Gasteiger partial charge is 0.227 e. The molecule has 0 bridgehead atoms. The maximum absolute atomic E-state index is 11.9. The molecule has 3 rings (SSSR count). The number of hydrogen-bond donors (Lipinski definition) is 0. The molecule has 1 saturated heterocycles. The molecular formula is C19H23NO3. The molecule has 122 valence electrons. The molecule has 2 heterocycles. The average molecular weight is 313 g/mol. The minimum Gasteiger partial charge on any atom is -0.490 e. The summed E-state index contributed by atoms with van der Waals surface area (Å²) in [6.45, 7) is 7.19. The van der Waals surface area contributed by atoms with E-state index in [1.165, 1.54) is 25.0 Å². The Bertz CT molecular complexity index is 721. The van der Waals surface area contributed by atoms with Crippen LogP contribution in [0.25, 0.3) is 0 Å². The zero-order valence-corrected chi connectivity index (χ0v) is 13.9. The molecule has 0 spiro atoms. The van der Waals surface area contributed by atoms with Gasteiger partial charge < -0.3 is 9.15 Å². The largest absolute Gasteiger partial charge is 0.490 e. The van der Waals surface area contributed by atoms with Crippen LogP contribution in [0, 0.1) is 5.41 Å². The molecule has 2 aromatic rings. The summed E-state index contributed by atoms with van der Waals surface area (Å²) in [5, 5.41) is 0. The van der Waals surface area contributed by atoms with Crippen LogP contribution in [0.1, 0.15) is 31.1 Å². The molecule has 1 fully saturated rings. The highest BCUT2D eigenvalue weighted by atomic mass is 16.5. The van der Waals surface area contributed by atoms with Crippen molar-refractivity contribution in [3.8, 4) is 5.75 Å². The van der Waals surface area contributed by atoms with Gasteiger partial charge in [0.05, 0.1) is 13.7 Å². The van der Waals surface area contributed by atoms with E-state index in [1.807, 2.05) is 0 Å². The molecule has 0 N–H and O–H groups in total. The van der Waals surface area contributed by atoms with Crippen LogP contribution in [0.15, 0.2) is 51.9 Å². The quantitative estimate of drug-likeness (QED) is 0.869. The van der Waals surface area contributed by atoms with Crippen LogP contribution in [-0.4, -0.2) is 25.1 Å². The summed E-state index contributed by atoms with van der Waals surface area (Å²) in [7, 11) is 1.47. The minimum atomic E-state index is -0.133. The minimum absolute atomic E-state index is 0.133. The molecular weight excluding hydrogens is 290 g/mol. The summed E-state index contributed by atoms with van der Waals surface area (Å²) in [5.41, 5.74) is 1.43. The molecule has 4 heteroatoms. The molecule has 1 aromatic heterocycles. The van der Waals surface area contributed by atoms with E-state index in [9.17, 15) is 4.79 Å². The van der Waals surface area contributed by atoms with Crippen LogP contribution in [0.2, 0.25) is 0 Å². The van der Waals surface area contributed by atoms with Crippen LogP contribution in [0.3, 0.4) is 0 Å². The molecule has 1 aliphatic heterocycles. The van der Waals surface area contributed by atoms with Gasteiger partial charge in [0.1, 0.15) is 12.0 Å². The standard InChI is InChI=1S/C19H23NO3/c1-19(2)13-20(11-16(19)14-7-5-4-6-8-14)10-15-9-17(21)18(22-3)12-23-15/h4-9,12,16H,10-11,13H2,1-3H3/t16-/m0/s1. The third kappa shape index (κ3) is 3.32. The van der Waals surface area contributed by atoms with E-state index in [4.69, 9.17) is 9.15 Å². The summed E-state index contributed by atoms with van der Waals surface area (Å²) >= 11 is 0. The van der Waals surface area contributed by atoms with Gasteiger partial charge >= 0.3 is 0 Å². The van der Waals surface area contributed by atoms with Crippen molar-refractivity contribution >= 4 is 0 Å². The third-order valence-electron chi connectivity index (χ3n) is 4.67. The zero-order valence-electron chi connectivity index (χ0n) is 13.9. The van der Waals surface area contributed by atoms with Crippen molar-refractivity contribution < 1.29 is 9.15 Å². The first kappa shape index (κ1) is 15.8. The lowest BCUT2D eigenvalue weighted by atomic mass is 9.78. The van der Waals surface area contributed by atoms with Gasteiger partial charge in [0.15, 0.2) is 0 Å². The number of benzene rings is 1. The Morgan fingerprint density at radius 3 is 2.70 bits per heavy atom. The predicted octanol–water partition coefficient (Wildman–Crippen LogP) is 3.27. The fourth-order valence-electron chi connectivity index (χ4n) is 3.51. The molecule has 0 saturated carbocycles. The second kappa shape index (κ2) is 6.20. The lowest BCUT2D eigenvalue weighted by Crippen LogP contribution is -2.23. The van der Waals surface area contributed by atoms with Crippen LogP contribution >= 0.6 is 0 Å². The number of likely N-dealkylation sites (tertiary alicyclic amines) is 1. The van der Waals surface area contributed by atoms with E-state index >= 15 is 0 Å². The van der Waals surface area contributed by atoms with Gasteiger partial charge in [-0.1, -0.05) is 44.2 Å². The van der Waals surface area contributed by atoms with Crippen molar-refractivity contribution in [2.24, 2.45) is 5.41 Å². The second-order valence-corrected chi connectivity index (χ2v) is 6.90. The SMILES string of the molecule is COc1coc(CN2C[C@@H](c3ccccc3)C(C)(C)C2)cc1=O. The van der Waals surface area contributed by atoms with Gasteiger partial charge in [-0.2, -0.15) is 0 Å². The van der Waals surface area contributed by atoms with Crippen LogP contribution in [-0.2, 0) is 6.54 Å². The maximum atomic E-state index is 11.9. The highest BCUT2D eigenvalue weighted by Crippen LogP contribution is 2.42. The van der Waals surface area contributed by atoms with Gasteiger partial charge in [-0.3, -0.25) is 9.69 Å². The lowest BCUT2D eigenvalue weighted by molar-refractivity contribution is 0.257. The number of ether oxygens (including phenoxy) is 1. The number of hydrogen-bond acceptors (Lipinski definition) is 4. The maximum Gasteiger partial charge on any atom is 0.227 e. The molecule has 0 radical (unpaired) electrons. The Labute approximate surface area is 136 Å². The molecule has 0 amide bonds. The Balaban J connectivity index is 1.76. The predicted molar refractivity (Wildman–Crippen MR) is 89.8 cm³/mol. The van der Waals surface area contributed by atoms with Gasteiger partial charge in [-0.15, -0.1) is 0 Å². The fraction of sp³-hybridized carbons (Fsp3) is 0.421. The molecule has 1 atom stereocenters. The summed E-state index contributed by atoms with van der Waals surface area (Å²) in [6, 6.07) is 12.2. The van der Waals surface area contributed by atoms with Crippen molar-refractivity contribution in [1.82, 2.24) is 4.90 Å². The molecule has 4 nitrogen and oxygen atoms in total. The van der Waals surface area contributed by atoms with E-state index in [0.29, 0.717) is 18.2 Å². The van der Waals surface area contributed by atoms with Gasteiger partial charge in [-0.25, -0.2) is 0 Å². The first-order chi connectivity index (χ1) is 11.0. The highest BCUT2D eigenvalue weighted by molar-refractivity contribution is 5.24. The molecule has 1 aliphatic rings. The topological polar surface area (TPSA) is 42.7 Å². The van der Waals surface area contributed by atoms with E-state index in [0.717, 1.165) is 13.1 Å². The van der Waals surface area contributed by atoms with Gasteiger partial charge in [-0.05, 0) is 11.0 Å². The summed E-state index contributed by atoms with van der Waals surface area (Å²) in [6.07, 6.45) is 1.40. The Kier molecular flexibility index (Phi) is 4.26. The van der Waals surface area contributed by atoms with E-state index in [1.54, 1.807) is 0 Å². The molecule has 23 heavy (non-hydrogen) atoms. The van der Waals surface area contributed by atoms with Crippen LogP contribution in [0.5, 0.6) is 5.75 Å². The van der Waals surface area contributed by atoms with Crippen molar-refractivity contribution in [2.45, 2.75) is 26.3 Å². The Hall–Kier alpha value is -2.07. The van der Waals surface area contributed by atoms with E-state index in [2.05, 4.69) is 49.1 Å². The first-order valence-corrected chi connectivity index (χ1v) is 7.92. The molecule has 0 aliphatic carbocycles. The Morgan fingerprint density at radius 1 is 1.30 bits per heavy atom. The first-order valence-electron chi connectivity index (χ1n) is 7.92. The lowest BCUT2D eigenvalue weighted by Gasteiger charge is -2.26. The summed E-state index contributed by atoms with van der Waals surface area (Å²) in [5.74, 6) is 1.41. The second-order valence-electron chi connectivity index (χ2n) is 6.90. The van der Waals surface area contributed by atoms with Gasteiger partial charge in [0.2, 0.25) is 11.2 Å². The number of nitrogens with zero attached hydrogens (tertiary/aromatic N) is 1. The molecule has 1 aromatic carbocycles. The Morgan fingerprint density at radius 2 is 2.04 bits per heavy atom. The summed E-state index contributed by atoms with van der Waals surface area (Å²) < 4.78 is 10.5. The fourth-order valence-corrected chi connectivity index (χ4v) is 3.51. The highest BCUT2D eigenvalue weighted by Gasteiger charge is 2.40. The number of rotatable bonds is 4. The van der Waals surface area contributed by atoms with E-state index in [-0.39, 0.29) is 16.6 Å².